The van der Waals surface area contributed by atoms with Gasteiger partial charge in [0.05, 0.1) is 31.6 Å². The Balaban J connectivity index is 1.71. The minimum atomic E-state index is -5.17. The molecule has 0 radical (unpaired) electrons. The second kappa shape index (κ2) is 9.89. The molecule has 1 N–H and O–H groups in total. The molecule has 0 saturated heterocycles. The maximum atomic E-state index is 14.0. The number of methoxy groups -OCH3 is 2. The van der Waals surface area contributed by atoms with Gasteiger partial charge in [-0.3, -0.25) is 14.5 Å². The van der Waals surface area contributed by atoms with Crippen LogP contribution in [0.5, 0.6) is 11.5 Å². The van der Waals surface area contributed by atoms with Gasteiger partial charge < -0.3 is 14.8 Å². The van der Waals surface area contributed by atoms with Gasteiger partial charge in [-0.1, -0.05) is 36.4 Å². The van der Waals surface area contributed by atoms with Crippen molar-refractivity contribution >= 4 is 23.1 Å². The third-order valence-corrected chi connectivity index (χ3v) is 6.95. The first-order chi connectivity index (χ1) is 18.2. The number of allylic oxidation sites excluding steroid dienone is 1. The van der Waals surface area contributed by atoms with Gasteiger partial charge in [0.25, 0.3) is 0 Å². The van der Waals surface area contributed by atoms with Gasteiger partial charge in [-0.25, -0.2) is 0 Å². The second-order valence-corrected chi connectivity index (χ2v) is 9.19. The zero-order valence-electron chi connectivity index (χ0n) is 20.7. The van der Waals surface area contributed by atoms with E-state index < -0.39 is 18.1 Å². The van der Waals surface area contributed by atoms with Crippen LogP contribution in [0.1, 0.15) is 35.9 Å². The van der Waals surface area contributed by atoms with Gasteiger partial charge in [-0.05, 0) is 59.9 Å². The summed E-state index contributed by atoms with van der Waals surface area (Å²) in [6, 6.07) is 18.8. The van der Waals surface area contributed by atoms with E-state index in [4.69, 9.17) is 9.47 Å². The number of hydrogen-bond donors (Lipinski definition) is 1. The smallest absolute Gasteiger partial charge is 0.471 e. The lowest BCUT2D eigenvalue weighted by molar-refractivity contribution is -0.170. The van der Waals surface area contributed by atoms with Crippen LogP contribution in [0.25, 0.3) is 0 Å². The number of anilines is 2. The molecule has 3 aromatic carbocycles. The molecule has 1 aliphatic heterocycles. The third kappa shape index (κ3) is 4.60. The number of para-hydroxylation sites is 2. The number of alkyl halides is 3. The van der Waals surface area contributed by atoms with Crippen molar-refractivity contribution in [3.05, 3.63) is 95.2 Å². The van der Waals surface area contributed by atoms with E-state index >= 15 is 0 Å². The number of ketones is 1. The van der Waals surface area contributed by atoms with Crippen molar-refractivity contribution < 1.29 is 32.2 Å². The van der Waals surface area contributed by atoms with E-state index in [2.05, 4.69) is 5.32 Å². The predicted molar refractivity (Wildman–Crippen MR) is 136 cm³/mol. The van der Waals surface area contributed by atoms with Crippen LogP contribution in [0, 0.1) is 0 Å². The molecule has 1 amide bonds. The number of rotatable bonds is 4. The summed E-state index contributed by atoms with van der Waals surface area (Å²) in [4.78, 5) is 27.5. The summed E-state index contributed by atoms with van der Waals surface area (Å²) in [6.07, 6.45) is -4.72. The first-order valence-corrected chi connectivity index (χ1v) is 12.0. The molecule has 5 rings (SSSR count). The lowest BCUT2D eigenvalue weighted by atomic mass is 9.78. The van der Waals surface area contributed by atoms with Crippen molar-refractivity contribution in [2.75, 3.05) is 24.4 Å². The standard InChI is InChI=1S/C29H25F3N2O4/c1-37-20-12-10-17(11-13-20)19-15-23-26(25(35)16-19)27(18-6-5-7-21(14-18)38-2)34(28(36)29(30,31)32)24-9-4-3-8-22(24)33-23/h3-14,19,27,33H,15-16H2,1-2H3/t19-,27-/m1/s1. The van der Waals surface area contributed by atoms with Crippen LogP contribution < -0.4 is 19.7 Å². The first kappa shape index (κ1) is 25.4. The quantitative estimate of drug-likeness (QED) is 0.444. The topological polar surface area (TPSA) is 67.9 Å². The molecule has 2 atom stereocenters. The molecule has 6 nitrogen and oxygen atoms in total. The molecule has 196 valence electrons. The number of nitrogens with zero attached hydrogens (tertiary/aromatic N) is 1. The summed E-state index contributed by atoms with van der Waals surface area (Å²) in [7, 11) is 3.01. The number of fused-ring (bicyclic) bond motifs is 1. The molecule has 0 saturated carbocycles. The molecule has 0 fully saturated rings. The van der Waals surface area contributed by atoms with E-state index in [0.29, 0.717) is 39.8 Å². The highest BCUT2D eigenvalue weighted by atomic mass is 19.4. The van der Waals surface area contributed by atoms with Crippen molar-refractivity contribution in [1.29, 1.82) is 0 Å². The molecule has 9 heteroatoms. The number of Topliss-reactive ketones (excluding diaryl/α,β-unsaturated/α-hetero) is 1. The van der Waals surface area contributed by atoms with Crippen LogP contribution >= 0.6 is 0 Å². The number of amides is 1. The fraction of sp³-hybridized carbons (Fsp3) is 0.241. The molecule has 1 heterocycles. The SMILES string of the molecule is COc1ccc([C@H]2CC(=O)C3=C(C2)Nc2ccccc2N(C(=O)C(F)(F)F)[C@@H]3c2cccc(OC)c2)cc1. The largest absolute Gasteiger partial charge is 0.497 e. The zero-order valence-corrected chi connectivity index (χ0v) is 20.7. The summed E-state index contributed by atoms with van der Waals surface area (Å²) < 4.78 is 52.6. The Hall–Kier alpha value is -4.27. The van der Waals surface area contributed by atoms with Crippen LogP contribution in [0.3, 0.4) is 0 Å². The molecule has 0 aromatic heterocycles. The van der Waals surface area contributed by atoms with Crippen molar-refractivity contribution in [2.24, 2.45) is 0 Å². The number of carbonyl (C=O) groups is 2. The number of benzene rings is 3. The number of ether oxygens (including phenoxy) is 2. The maximum absolute atomic E-state index is 14.0. The first-order valence-electron chi connectivity index (χ1n) is 12.0. The maximum Gasteiger partial charge on any atom is 0.471 e. The van der Waals surface area contributed by atoms with Gasteiger partial charge in [0.15, 0.2) is 5.78 Å². The van der Waals surface area contributed by atoms with Crippen LogP contribution in [0.4, 0.5) is 24.5 Å². The van der Waals surface area contributed by atoms with E-state index in [9.17, 15) is 22.8 Å². The Morgan fingerprint density at radius 2 is 1.61 bits per heavy atom. The van der Waals surface area contributed by atoms with Gasteiger partial charge in [-0.2, -0.15) is 13.2 Å². The molecule has 0 spiro atoms. The number of carbonyl (C=O) groups excluding carboxylic acids is 2. The van der Waals surface area contributed by atoms with E-state index in [-0.39, 0.29) is 29.4 Å². The highest BCUT2D eigenvalue weighted by molar-refractivity contribution is 6.07. The van der Waals surface area contributed by atoms with Crippen molar-refractivity contribution in [3.8, 4) is 11.5 Å². The molecule has 38 heavy (non-hydrogen) atoms. The van der Waals surface area contributed by atoms with Crippen LogP contribution in [0.15, 0.2) is 84.1 Å². The lowest BCUT2D eigenvalue weighted by Crippen LogP contribution is -2.45. The highest BCUT2D eigenvalue weighted by Gasteiger charge is 2.50. The summed E-state index contributed by atoms with van der Waals surface area (Å²) >= 11 is 0. The number of nitrogens with one attached hydrogen (secondary N) is 1. The molecule has 1 aliphatic carbocycles. The Morgan fingerprint density at radius 3 is 2.29 bits per heavy atom. The Morgan fingerprint density at radius 1 is 0.895 bits per heavy atom. The molecular formula is C29H25F3N2O4. The number of halogens is 3. The normalized spacial score (nSPS) is 19.2. The Kier molecular flexibility index (Phi) is 6.60. The van der Waals surface area contributed by atoms with E-state index in [1.165, 1.54) is 13.2 Å². The lowest BCUT2D eigenvalue weighted by Gasteiger charge is -2.35. The second-order valence-electron chi connectivity index (χ2n) is 9.19. The third-order valence-electron chi connectivity index (χ3n) is 6.95. The van der Waals surface area contributed by atoms with Crippen LogP contribution in [-0.4, -0.2) is 32.1 Å². The average molecular weight is 523 g/mol. The summed E-state index contributed by atoms with van der Waals surface area (Å²) in [6.45, 7) is 0. The summed E-state index contributed by atoms with van der Waals surface area (Å²) in [5.41, 5.74) is 2.21. The van der Waals surface area contributed by atoms with E-state index in [1.54, 1.807) is 49.6 Å². The average Bonchev–Trinajstić information content (AvgIpc) is 3.06. The summed E-state index contributed by atoms with van der Waals surface area (Å²) in [5.74, 6) is -1.52. The van der Waals surface area contributed by atoms with Gasteiger partial charge in [-0.15, -0.1) is 0 Å². The Bertz CT molecular complexity index is 1420. The van der Waals surface area contributed by atoms with Crippen molar-refractivity contribution in [2.45, 2.75) is 31.0 Å². The molecule has 3 aromatic rings. The monoisotopic (exact) mass is 522 g/mol. The molecular weight excluding hydrogens is 497 g/mol. The van der Waals surface area contributed by atoms with Crippen LogP contribution in [0.2, 0.25) is 0 Å². The van der Waals surface area contributed by atoms with Crippen LogP contribution in [-0.2, 0) is 9.59 Å². The minimum Gasteiger partial charge on any atom is -0.497 e. The highest BCUT2D eigenvalue weighted by Crippen LogP contribution is 2.48. The Labute approximate surface area is 217 Å². The number of hydrogen-bond acceptors (Lipinski definition) is 5. The molecule has 0 bridgehead atoms. The van der Waals surface area contributed by atoms with Gasteiger partial charge >= 0.3 is 12.1 Å². The van der Waals surface area contributed by atoms with Gasteiger partial charge in [0.1, 0.15) is 11.5 Å². The fourth-order valence-electron chi connectivity index (χ4n) is 5.19. The molecule has 0 unspecified atom stereocenters. The van der Waals surface area contributed by atoms with Gasteiger partial charge in [0, 0.05) is 17.7 Å². The van der Waals surface area contributed by atoms with Crippen molar-refractivity contribution in [1.82, 2.24) is 0 Å². The predicted octanol–water partition coefficient (Wildman–Crippen LogP) is 6.17. The van der Waals surface area contributed by atoms with E-state index in [0.717, 1.165) is 5.56 Å². The fourth-order valence-corrected chi connectivity index (χ4v) is 5.19. The van der Waals surface area contributed by atoms with E-state index in [1.807, 2.05) is 24.3 Å². The zero-order chi connectivity index (χ0) is 27.0. The molecule has 2 aliphatic rings. The summed E-state index contributed by atoms with van der Waals surface area (Å²) in [5, 5.41) is 3.22. The van der Waals surface area contributed by atoms with Gasteiger partial charge in [0.2, 0.25) is 0 Å². The van der Waals surface area contributed by atoms with Crippen molar-refractivity contribution in [3.63, 3.8) is 0 Å². The minimum absolute atomic E-state index is 0.0332.